The van der Waals surface area contributed by atoms with Crippen molar-refractivity contribution in [1.82, 2.24) is 4.98 Å². The van der Waals surface area contributed by atoms with Crippen LogP contribution < -0.4 is 5.73 Å². The first kappa shape index (κ1) is 7.86. The van der Waals surface area contributed by atoms with Crippen LogP contribution in [0.4, 0.5) is 0 Å². The number of benzene rings is 1. The normalized spacial score (nSPS) is 12.2. The molecule has 0 bridgehead atoms. The standard InChI is InChI=1S/C10H11N3/c1-12-10(11)8-6-13-9-5-3-2-4-7(8)9/h2-6,13H,1H3,(H2,11,12). The number of H-pyrrole nitrogens is 1. The molecule has 3 nitrogen and oxygen atoms in total. The second-order valence-electron chi connectivity index (χ2n) is 2.86. The number of hydrogen-bond donors (Lipinski definition) is 2. The molecule has 13 heavy (non-hydrogen) atoms. The maximum absolute atomic E-state index is 5.73. The van der Waals surface area contributed by atoms with Crippen molar-refractivity contribution < 1.29 is 0 Å². The topological polar surface area (TPSA) is 54.2 Å². The van der Waals surface area contributed by atoms with Crippen LogP contribution in [0.5, 0.6) is 0 Å². The van der Waals surface area contributed by atoms with Crippen molar-refractivity contribution in [3.63, 3.8) is 0 Å². The van der Waals surface area contributed by atoms with Gasteiger partial charge in [-0.3, -0.25) is 4.99 Å². The third-order valence-electron chi connectivity index (χ3n) is 2.11. The van der Waals surface area contributed by atoms with E-state index in [4.69, 9.17) is 5.73 Å². The van der Waals surface area contributed by atoms with E-state index in [9.17, 15) is 0 Å². The number of nitrogens with one attached hydrogen (secondary N) is 1. The highest BCUT2D eigenvalue weighted by Gasteiger charge is 2.04. The van der Waals surface area contributed by atoms with Crippen LogP contribution in [0, 0.1) is 0 Å². The van der Waals surface area contributed by atoms with Gasteiger partial charge in [-0.15, -0.1) is 0 Å². The zero-order chi connectivity index (χ0) is 9.26. The number of aromatic amines is 1. The molecular formula is C10H11N3. The van der Waals surface area contributed by atoms with Gasteiger partial charge in [-0.25, -0.2) is 0 Å². The Balaban J connectivity index is 2.71. The number of para-hydroxylation sites is 1. The lowest BCUT2D eigenvalue weighted by atomic mass is 10.1. The van der Waals surface area contributed by atoms with Crippen LogP contribution >= 0.6 is 0 Å². The Morgan fingerprint density at radius 2 is 2.15 bits per heavy atom. The van der Waals surface area contributed by atoms with Crippen LogP contribution in [-0.4, -0.2) is 17.9 Å². The van der Waals surface area contributed by atoms with E-state index in [1.807, 2.05) is 30.5 Å². The molecule has 1 aromatic heterocycles. The third-order valence-corrected chi connectivity index (χ3v) is 2.11. The highest BCUT2D eigenvalue weighted by Crippen LogP contribution is 2.16. The lowest BCUT2D eigenvalue weighted by Gasteiger charge is -1.95. The lowest BCUT2D eigenvalue weighted by Crippen LogP contribution is -2.11. The predicted molar refractivity (Wildman–Crippen MR) is 54.9 cm³/mol. The van der Waals surface area contributed by atoms with Crippen molar-refractivity contribution in [2.75, 3.05) is 7.05 Å². The van der Waals surface area contributed by atoms with Gasteiger partial charge in [-0.2, -0.15) is 0 Å². The lowest BCUT2D eigenvalue weighted by molar-refractivity contribution is 1.39. The molecule has 0 aliphatic rings. The van der Waals surface area contributed by atoms with E-state index < -0.39 is 0 Å². The van der Waals surface area contributed by atoms with Crippen LogP contribution in [0.3, 0.4) is 0 Å². The highest BCUT2D eigenvalue weighted by atomic mass is 14.8. The van der Waals surface area contributed by atoms with Gasteiger partial charge in [0.05, 0.1) is 0 Å². The summed E-state index contributed by atoms with van der Waals surface area (Å²) in [5.41, 5.74) is 7.79. The quantitative estimate of drug-likeness (QED) is 0.498. The molecule has 0 unspecified atom stereocenters. The zero-order valence-corrected chi connectivity index (χ0v) is 7.41. The second-order valence-corrected chi connectivity index (χ2v) is 2.86. The van der Waals surface area contributed by atoms with E-state index in [1.165, 1.54) is 0 Å². The number of fused-ring (bicyclic) bond motifs is 1. The number of rotatable bonds is 1. The molecule has 0 radical (unpaired) electrons. The molecule has 0 amide bonds. The first-order valence-corrected chi connectivity index (χ1v) is 4.11. The van der Waals surface area contributed by atoms with Crippen molar-refractivity contribution in [2.24, 2.45) is 10.7 Å². The smallest absolute Gasteiger partial charge is 0.127 e. The van der Waals surface area contributed by atoms with E-state index in [0.717, 1.165) is 16.5 Å². The molecule has 3 heteroatoms. The predicted octanol–water partition coefficient (Wildman–Crippen LogP) is 1.50. The van der Waals surface area contributed by atoms with Crippen LogP contribution in [-0.2, 0) is 0 Å². The van der Waals surface area contributed by atoms with Crippen LogP contribution in [0.15, 0.2) is 35.5 Å². The average molecular weight is 173 g/mol. The van der Waals surface area contributed by atoms with Gasteiger partial charge in [0.2, 0.25) is 0 Å². The summed E-state index contributed by atoms with van der Waals surface area (Å²) in [5, 5.41) is 1.12. The molecule has 1 heterocycles. The van der Waals surface area contributed by atoms with Gasteiger partial charge >= 0.3 is 0 Å². The van der Waals surface area contributed by atoms with E-state index in [-0.39, 0.29) is 0 Å². The minimum atomic E-state index is 0.567. The molecule has 1 aromatic carbocycles. The summed E-state index contributed by atoms with van der Waals surface area (Å²) in [6.07, 6.45) is 1.88. The molecule has 0 spiro atoms. The molecule has 3 N–H and O–H groups in total. The Labute approximate surface area is 76.3 Å². The fraction of sp³-hybridized carbons (Fsp3) is 0.100. The fourth-order valence-corrected chi connectivity index (χ4v) is 1.40. The Morgan fingerprint density at radius 3 is 2.92 bits per heavy atom. The van der Waals surface area contributed by atoms with E-state index in [0.29, 0.717) is 5.84 Å². The Kier molecular flexibility index (Phi) is 1.77. The molecule has 0 atom stereocenters. The minimum Gasteiger partial charge on any atom is -0.383 e. The van der Waals surface area contributed by atoms with Gasteiger partial charge in [-0.05, 0) is 6.07 Å². The summed E-state index contributed by atoms with van der Waals surface area (Å²) in [6, 6.07) is 8.02. The Bertz CT molecular complexity index is 454. The maximum atomic E-state index is 5.73. The van der Waals surface area contributed by atoms with Crippen LogP contribution in [0.2, 0.25) is 0 Å². The fourth-order valence-electron chi connectivity index (χ4n) is 1.40. The van der Waals surface area contributed by atoms with Crippen molar-refractivity contribution in [2.45, 2.75) is 0 Å². The molecule has 2 aromatic rings. The van der Waals surface area contributed by atoms with Gasteiger partial charge in [0.15, 0.2) is 0 Å². The average Bonchev–Trinajstić information content (AvgIpc) is 2.60. The van der Waals surface area contributed by atoms with Crippen molar-refractivity contribution in [3.8, 4) is 0 Å². The maximum Gasteiger partial charge on any atom is 0.127 e. The summed E-state index contributed by atoms with van der Waals surface area (Å²) in [7, 11) is 1.69. The third kappa shape index (κ3) is 1.18. The summed E-state index contributed by atoms with van der Waals surface area (Å²) < 4.78 is 0. The van der Waals surface area contributed by atoms with E-state index in [1.54, 1.807) is 7.05 Å². The Hall–Kier alpha value is -1.77. The van der Waals surface area contributed by atoms with Gasteiger partial charge in [-0.1, -0.05) is 18.2 Å². The van der Waals surface area contributed by atoms with Crippen molar-refractivity contribution in [3.05, 3.63) is 36.0 Å². The largest absolute Gasteiger partial charge is 0.383 e. The molecule has 66 valence electrons. The van der Waals surface area contributed by atoms with Crippen LogP contribution in [0.25, 0.3) is 10.9 Å². The summed E-state index contributed by atoms with van der Waals surface area (Å²) in [5.74, 6) is 0.567. The van der Waals surface area contributed by atoms with Crippen molar-refractivity contribution in [1.29, 1.82) is 0 Å². The van der Waals surface area contributed by atoms with E-state index in [2.05, 4.69) is 9.98 Å². The SMILES string of the molecule is CN=C(N)c1c[nH]c2ccccc12. The van der Waals surface area contributed by atoms with Crippen LogP contribution in [0.1, 0.15) is 5.56 Å². The Morgan fingerprint density at radius 1 is 1.38 bits per heavy atom. The molecule has 0 saturated heterocycles. The molecule has 2 rings (SSSR count). The molecule has 0 saturated carbocycles. The van der Waals surface area contributed by atoms with Gasteiger partial charge in [0.25, 0.3) is 0 Å². The van der Waals surface area contributed by atoms with Crippen molar-refractivity contribution >= 4 is 16.7 Å². The summed E-state index contributed by atoms with van der Waals surface area (Å²) in [6.45, 7) is 0. The number of amidine groups is 1. The monoisotopic (exact) mass is 173 g/mol. The minimum absolute atomic E-state index is 0.567. The number of nitrogens with zero attached hydrogens (tertiary/aromatic N) is 1. The number of aromatic nitrogens is 1. The first-order chi connectivity index (χ1) is 6.33. The number of aliphatic imine (C=N–C) groups is 1. The van der Waals surface area contributed by atoms with Gasteiger partial charge < -0.3 is 10.7 Å². The molecule has 0 fully saturated rings. The number of nitrogens with two attached hydrogens (primary N) is 1. The molecule has 0 aliphatic carbocycles. The van der Waals surface area contributed by atoms with E-state index >= 15 is 0 Å². The highest BCUT2D eigenvalue weighted by molar-refractivity contribution is 6.08. The summed E-state index contributed by atoms with van der Waals surface area (Å²) in [4.78, 5) is 7.10. The second kappa shape index (κ2) is 2.94. The molecular weight excluding hydrogens is 162 g/mol. The first-order valence-electron chi connectivity index (χ1n) is 4.11. The summed E-state index contributed by atoms with van der Waals surface area (Å²) >= 11 is 0. The van der Waals surface area contributed by atoms with Gasteiger partial charge in [0, 0.05) is 29.7 Å². The zero-order valence-electron chi connectivity index (χ0n) is 7.41. The molecule has 0 aliphatic heterocycles. The number of hydrogen-bond acceptors (Lipinski definition) is 1. The van der Waals surface area contributed by atoms with Gasteiger partial charge in [0.1, 0.15) is 5.84 Å².